The summed E-state index contributed by atoms with van der Waals surface area (Å²) in [7, 11) is 0. The molecule has 0 saturated carbocycles. The SMILES string of the molecule is CSC1=C(C(C)C)CCC(C)C1. The van der Waals surface area contributed by atoms with Crippen LogP contribution in [0.2, 0.25) is 0 Å². The zero-order valence-electron chi connectivity index (χ0n) is 8.68. The molecule has 0 bridgehead atoms. The third kappa shape index (κ3) is 2.29. The summed E-state index contributed by atoms with van der Waals surface area (Å²) < 4.78 is 0. The van der Waals surface area contributed by atoms with Gasteiger partial charge in [-0.25, -0.2) is 0 Å². The lowest BCUT2D eigenvalue weighted by molar-refractivity contribution is 0.485. The monoisotopic (exact) mass is 184 g/mol. The molecule has 1 atom stereocenters. The molecule has 0 aliphatic heterocycles. The molecular formula is C11H20S. The van der Waals surface area contributed by atoms with E-state index in [-0.39, 0.29) is 0 Å². The Morgan fingerprint density at radius 3 is 2.58 bits per heavy atom. The van der Waals surface area contributed by atoms with Gasteiger partial charge in [-0.1, -0.05) is 26.3 Å². The van der Waals surface area contributed by atoms with Gasteiger partial charge in [0.05, 0.1) is 0 Å². The topological polar surface area (TPSA) is 0 Å². The van der Waals surface area contributed by atoms with Crippen molar-refractivity contribution in [2.45, 2.75) is 40.0 Å². The molecular weight excluding hydrogens is 164 g/mol. The highest BCUT2D eigenvalue weighted by Crippen LogP contribution is 2.37. The van der Waals surface area contributed by atoms with E-state index in [1.165, 1.54) is 19.3 Å². The fourth-order valence-corrected chi connectivity index (χ4v) is 2.97. The van der Waals surface area contributed by atoms with Crippen molar-refractivity contribution in [2.24, 2.45) is 11.8 Å². The average Bonchev–Trinajstić information content (AvgIpc) is 2.03. The smallest absolute Gasteiger partial charge is 0.0140 e. The maximum atomic E-state index is 2.37. The van der Waals surface area contributed by atoms with Crippen molar-refractivity contribution in [1.29, 1.82) is 0 Å². The van der Waals surface area contributed by atoms with E-state index in [0.717, 1.165) is 11.8 Å². The Morgan fingerprint density at radius 2 is 2.08 bits per heavy atom. The minimum atomic E-state index is 0.764. The van der Waals surface area contributed by atoms with Crippen LogP contribution in [0.3, 0.4) is 0 Å². The van der Waals surface area contributed by atoms with Crippen LogP contribution in [0.5, 0.6) is 0 Å². The number of hydrogen-bond acceptors (Lipinski definition) is 1. The fourth-order valence-electron chi connectivity index (χ4n) is 1.92. The Bertz CT molecular complexity index is 179. The van der Waals surface area contributed by atoms with Crippen LogP contribution in [0, 0.1) is 11.8 Å². The van der Waals surface area contributed by atoms with Crippen molar-refractivity contribution in [3.8, 4) is 0 Å². The predicted molar refractivity (Wildman–Crippen MR) is 58.4 cm³/mol. The molecule has 1 heteroatoms. The lowest BCUT2D eigenvalue weighted by atomic mass is 9.86. The molecule has 0 saturated heterocycles. The Hall–Kier alpha value is 0.0900. The first-order chi connectivity index (χ1) is 5.65. The largest absolute Gasteiger partial charge is 0.134 e. The van der Waals surface area contributed by atoms with Gasteiger partial charge in [0.15, 0.2) is 0 Å². The Labute approximate surface area is 80.8 Å². The molecule has 0 aromatic heterocycles. The van der Waals surface area contributed by atoms with Crippen LogP contribution < -0.4 is 0 Å². The van der Waals surface area contributed by atoms with Crippen LogP contribution in [0.4, 0.5) is 0 Å². The van der Waals surface area contributed by atoms with E-state index < -0.39 is 0 Å². The summed E-state index contributed by atoms with van der Waals surface area (Å²) in [5.41, 5.74) is 1.72. The predicted octanol–water partition coefficient (Wildman–Crippen LogP) is 4.08. The fraction of sp³-hybridized carbons (Fsp3) is 0.818. The van der Waals surface area contributed by atoms with Crippen molar-refractivity contribution >= 4 is 11.8 Å². The van der Waals surface area contributed by atoms with Gasteiger partial charge in [0, 0.05) is 0 Å². The molecule has 12 heavy (non-hydrogen) atoms. The van der Waals surface area contributed by atoms with Gasteiger partial charge >= 0.3 is 0 Å². The molecule has 0 spiro atoms. The number of hydrogen-bond donors (Lipinski definition) is 0. The third-order valence-electron chi connectivity index (χ3n) is 2.74. The first-order valence-corrected chi connectivity index (χ1v) is 6.13. The molecule has 0 amide bonds. The van der Waals surface area contributed by atoms with Gasteiger partial charge in [-0.05, 0) is 42.3 Å². The molecule has 1 unspecified atom stereocenters. The van der Waals surface area contributed by atoms with Gasteiger partial charge < -0.3 is 0 Å². The quantitative estimate of drug-likeness (QED) is 0.623. The van der Waals surface area contributed by atoms with Gasteiger partial charge in [-0.3, -0.25) is 0 Å². The number of thioether (sulfide) groups is 1. The standard InChI is InChI=1S/C11H20S/c1-8(2)10-6-5-9(3)7-11(10)12-4/h8-9H,5-7H2,1-4H3. The first-order valence-electron chi connectivity index (χ1n) is 4.91. The lowest BCUT2D eigenvalue weighted by Gasteiger charge is -2.26. The molecule has 1 rings (SSSR count). The molecule has 0 N–H and O–H groups in total. The minimum absolute atomic E-state index is 0.764. The van der Waals surface area contributed by atoms with E-state index in [4.69, 9.17) is 0 Å². The molecule has 0 aromatic carbocycles. The van der Waals surface area contributed by atoms with E-state index in [1.807, 2.05) is 11.8 Å². The molecule has 0 nitrogen and oxygen atoms in total. The summed E-state index contributed by atoms with van der Waals surface area (Å²) in [6.07, 6.45) is 6.29. The van der Waals surface area contributed by atoms with Crippen LogP contribution in [0.15, 0.2) is 10.5 Å². The first kappa shape index (κ1) is 10.2. The summed E-state index contributed by atoms with van der Waals surface area (Å²) in [6, 6.07) is 0. The van der Waals surface area contributed by atoms with Gasteiger partial charge in [-0.15, -0.1) is 11.8 Å². The van der Waals surface area contributed by atoms with E-state index in [0.29, 0.717) is 0 Å². The number of allylic oxidation sites excluding steroid dienone is 2. The Kier molecular flexibility index (Phi) is 3.70. The van der Waals surface area contributed by atoms with Crippen LogP contribution in [-0.4, -0.2) is 6.26 Å². The highest BCUT2D eigenvalue weighted by molar-refractivity contribution is 8.02. The Morgan fingerprint density at radius 1 is 1.42 bits per heavy atom. The summed E-state index contributed by atoms with van der Waals surface area (Å²) in [5.74, 6) is 1.68. The van der Waals surface area contributed by atoms with E-state index in [1.54, 1.807) is 10.5 Å². The van der Waals surface area contributed by atoms with Crippen molar-refractivity contribution in [2.75, 3.05) is 6.26 Å². The second kappa shape index (κ2) is 4.36. The van der Waals surface area contributed by atoms with Gasteiger partial charge in [-0.2, -0.15) is 0 Å². The second-order valence-electron chi connectivity index (χ2n) is 4.16. The van der Waals surface area contributed by atoms with Crippen LogP contribution in [-0.2, 0) is 0 Å². The summed E-state index contributed by atoms with van der Waals surface area (Å²) in [6.45, 7) is 7.01. The molecule has 1 aliphatic rings. The normalized spacial score (nSPS) is 25.2. The maximum absolute atomic E-state index is 2.37. The highest BCUT2D eigenvalue weighted by atomic mass is 32.2. The zero-order chi connectivity index (χ0) is 9.14. The molecule has 0 radical (unpaired) electrons. The molecule has 0 aromatic rings. The van der Waals surface area contributed by atoms with Crippen molar-refractivity contribution in [1.82, 2.24) is 0 Å². The zero-order valence-corrected chi connectivity index (χ0v) is 9.50. The number of rotatable bonds is 2. The molecule has 0 fully saturated rings. The van der Waals surface area contributed by atoms with Crippen molar-refractivity contribution < 1.29 is 0 Å². The average molecular weight is 184 g/mol. The second-order valence-corrected chi connectivity index (χ2v) is 5.06. The minimum Gasteiger partial charge on any atom is -0.134 e. The molecule has 70 valence electrons. The van der Waals surface area contributed by atoms with Crippen molar-refractivity contribution in [3.63, 3.8) is 0 Å². The van der Waals surface area contributed by atoms with Gasteiger partial charge in [0.1, 0.15) is 0 Å². The molecule has 0 heterocycles. The van der Waals surface area contributed by atoms with E-state index in [2.05, 4.69) is 27.0 Å². The third-order valence-corrected chi connectivity index (χ3v) is 3.66. The van der Waals surface area contributed by atoms with E-state index >= 15 is 0 Å². The highest BCUT2D eigenvalue weighted by Gasteiger charge is 2.18. The van der Waals surface area contributed by atoms with Crippen LogP contribution in [0.1, 0.15) is 40.0 Å². The summed E-state index contributed by atoms with van der Waals surface area (Å²) in [4.78, 5) is 1.67. The van der Waals surface area contributed by atoms with E-state index in [9.17, 15) is 0 Å². The lowest BCUT2D eigenvalue weighted by Crippen LogP contribution is -2.09. The Balaban J connectivity index is 2.76. The van der Waals surface area contributed by atoms with Crippen LogP contribution in [0.25, 0.3) is 0 Å². The van der Waals surface area contributed by atoms with Gasteiger partial charge in [0.25, 0.3) is 0 Å². The maximum Gasteiger partial charge on any atom is -0.0140 e. The van der Waals surface area contributed by atoms with Crippen molar-refractivity contribution in [3.05, 3.63) is 10.5 Å². The molecule has 1 aliphatic carbocycles. The van der Waals surface area contributed by atoms with Gasteiger partial charge in [0.2, 0.25) is 0 Å². The van der Waals surface area contributed by atoms with Crippen LogP contribution >= 0.6 is 11.8 Å². The summed E-state index contributed by atoms with van der Waals surface area (Å²) in [5, 5.41) is 0. The summed E-state index contributed by atoms with van der Waals surface area (Å²) >= 11 is 1.97.